The van der Waals surface area contributed by atoms with Crippen LogP contribution in [0, 0.1) is 5.92 Å². The maximum absolute atomic E-state index is 5.55. The van der Waals surface area contributed by atoms with Gasteiger partial charge >= 0.3 is 0 Å². The molecule has 0 spiro atoms. The molecule has 0 amide bonds. The minimum atomic E-state index is 0. The summed E-state index contributed by atoms with van der Waals surface area (Å²) in [6, 6.07) is 6.13. The number of rotatable bonds is 6. The largest absolute Gasteiger partial charge is 0.354 e. The molecule has 0 aromatic carbocycles. The summed E-state index contributed by atoms with van der Waals surface area (Å²) in [5, 5.41) is 4.03. The molecule has 1 atom stereocenters. The van der Waals surface area contributed by atoms with Gasteiger partial charge in [0.25, 0.3) is 0 Å². The number of piperidine rings is 1. The molecule has 2 aliphatic heterocycles. The average molecular weight is 481 g/mol. The Morgan fingerprint density at radius 3 is 2.50 bits per heavy atom. The zero-order valence-corrected chi connectivity index (χ0v) is 19.5. The Hall–Kier alpha value is -1.16. The predicted octanol–water partition coefficient (Wildman–Crippen LogP) is 2.22. The Kier molecular flexibility index (Phi) is 11.9. The third kappa shape index (κ3) is 7.21. The first-order valence-electron chi connectivity index (χ1n) is 9.92. The number of nitrogens with zero attached hydrogens (tertiary/aromatic N) is 6. The summed E-state index contributed by atoms with van der Waals surface area (Å²) in [4.78, 5) is 16.2. The van der Waals surface area contributed by atoms with Gasteiger partial charge in [-0.25, -0.2) is 4.98 Å². The highest BCUT2D eigenvalue weighted by Crippen LogP contribution is 2.20. The molecular weight excluding hydrogens is 449 g/mol. The van der Waals surface area contributed by atoms with Crippen LogP contribution in [0.15, 0.2) is 28.9 Å². The van der Waals surface area contributed by atoms with Crippen LogP contribution < -0.4 is 10.6 Å². The molecule has 2 fully saturated rings. The smallest absolute Gasteiger partial charge is 0.240 e. The van der Waals surface area contributed by atoms with Crippen LogP contribution >= 0.6 is 37.2 Å². The second-order valence-electron chi connectivity index (χ2n) is 7.53. The molecule has 30 heavy (non-hydrogen) atoms. The van der Waals surface area contributed by atoms with Crippen LogP contribution in [0.4, 0.5) is 5.82 Å². The lowest BCUT2D eigenvalue weighted by Gasteiger charge is -2.39. The van der Waals surface area contributed by atoms with Crippen LogP contribution in [-0.2, 0) is 13.1 Å². The van der Waals surface area contributed by atoms with Gasteiger partial charge < -0.3 is 15.2 Å². The molecule has 2 N–H and O–H groups in total. The zero-order chi connectivity index (χ0) is 18.5. The van der Waals surface area contributed by atoms with Gasteiger partial charge in [0.15, 0.2) is 5.82 Å². The van der Waals surface area contributed by atoms with Gasteiger partial charge in [0.05, 0.1) is 13.1 Å². The number of likely N-dealkylation sites (tertiary alicyclic amines) is 1. The molecule has 0 bridgehead atoms. The molecule has 0 radical (unpaired) electrons. The average Bonchev–Trinajstić information content (AvgIpc) is 3.17. The fraction of sp³-hybridized carbons (Fsp3) is 0.632. The van der Waals surface area contributed by atoms with Crippen molar-refractivity contribution in [1.29, 1.82) is 0 Å². The Morgan fingerprint density at radius 1 is 1.03 bits per heavy atom. The highest BCUT2D eigenvalue weighted by molar-refractivity contribution is 5.86. The molecule has 170 valence electrons. The summed E-state index contributed by atoms with van der Waals surface area (Å²) in [6.07, 6.45) is 4.41. The van der Waals surface area contributed by atoms with E-state index in [4.69, 9.17) is 10.3 Å². The third-order valence-electron chi connectivity index (χ3n) is 5.51. The van der Waals surface area contributed by atoms with Crippen molar-refractivity contribution in [3.05, 3.63) is 36.1 Å². The van der Waals surface area contributed by atoms with E-state index in [-0.39, 0.29) is 37.2 Å². The topological polar surface area (TPSA) is 87.5 Å². The van der Waals surface area contributed by atoms with Crippen molar-refractivity contribution in [2.24, 2.45) is 11.7 Å². The van der Waals surface area contributed by atoms with E-state index >= 15 is 0 Å². The molecule has 1 unspecified atom stereocenters. The summed E-state index contributed by atoms with van der Waals surface area (Å²) in [6.45, 7) is 8.77. The molecular formula is C19H32Cl3N7O. The van der Waals surface area contributed by atoms with Crippen LogP contribution in [0.1, 0.15) is 24.6 Å². The molecule has 2 aromatic rings. The van der Waals surface area contributed by atoms with E-state index in [9.17, 15) is 0 Å². The summed E-state index contributed by atoms with van der Waals surface area (Å²) >= 11 is 0. The Balaban J connectivity index is 0.00000150. The number of anilines is 1. The van der Waals surface area contributed by atoms with Crippen LogP contribution in [-0.4, -0.2) is 70.7 Å². The summed E-state index contributed by atoms with van der Waals surface area (Å²) < 4.78 is 5.12. The molecule has 11 heteroatoms. The van der Waals surface area contributed by atoms with Crippen molar-refractivity contribution in [2.45, 2.75) is 25.9 Å². The number of aromatic nitrogens is 3. The van der Waals surface area contributed by atoms with E-state index in [0.717, 1.165) is 57.5 Å². The van der Waals surface area contributed by atoms with Crippen LogP contribution in [0.2, 0.25) is 0 Å². The minimum Gasteiger partial charge on any atom is -0.354 e. The maximum Gasteiger partial charge on any atom is 0.240 e. The fourth-order valence-electron chi connectivity index (χ4n) is 4.15. The second-order valence-corrected chi connectivity index (χ2v) is 7.53. The number of hydrogen-bond acceptors (Lipinski definition) is 8. The third-order valence-corrected chi connectivity index (χ3v) is 5.51. The van der Waals surface area contributed by atoms with E-state index in [1.165, 1.54) is 19.4 Å². The van der Waals surface area contributed by atoms with Gasteiger partial charge in [-0.15, -0.1) is 37.2 Å². The van der Waals surface area contributed by atoms with Gasteiger partial charge in [-0.1, -0.05) is 11.2 Å². The van der Waals surface area contributed by atoms with Gasteiger partial charge in [0.1, 0.15) is 5.82 Å². The first-order chi connectivity index (χ1) is 13.3. The first kappa shape index (κ1) is 26.9. The number of nitrogens with two attached hydrogens (primary N) is 1. The van der Waals surface area contributed by atoms with Crippen molar-refractivity contribution >= 4 is 43.0 Å². The standard InChI is InChI=1S/C19H29N7O.3ClH/c20-12-19-22-17(23-27-19)15-25-7-3-4-16(14-25)13-24-8-10-26(11-9-24)18-5-1-2-6-21-18;;;/h1-2,5-6,16H,3-4,7-15,20H2;3*1H. The van der Waals surface area contributed by atoms with Crippen LogP contribution in [0.3, 0.4) is 0 Å². The number of hydrogen-bond donors (Lipinski definition) is 1. The lowest BCUT2D eigenvalue weighted by Crippen LogP contribution is -2.49. The van der Waals surface area contributed by atoms with Gasteiger partial charge in [0.2, 0.25) is 5.89 Å². The van der Waals surface area contributed by atoms with Crippen molar-refractivity contribution in [3.63, 3.8) is 0 Å². The summed E-state index contributed by atoms with van der Waals surface area (Å²) in [5.41, 5.74) is 5.55. The van der Waals surface area contributed by atoms with Crippen molar-refractivity contribution < 1.29 is 4.52 Å². The monoisotopic (exact) mass is 479 g/mol. The molecule has 0 saturated carbocycles. The number of halogens is 3. The van der Waals surface area contributed by atoms with Gasteiger partial charge in [-0.05, 0) is 37.4 Å². The number of piperazine rings is 1. The lowest BCUT2D eigenvalue weighted by molar-refractivity contribution is 0.122. The van der Waals surface area contributed by atoms with Gasteiger partial charge in [-0.3, -0.25) is 9.80 Å². The molecule has 8 nitrogen and oxygen atoms in total. The normalized spacial score (nSPS) is 20.0. The zero-order valence-electron chi connectivity index (χ0n) is 17.1. The Morgan fingerprint density at radius 2 is 1.83 bits per heavy atom. The molecule has 0 aliphatic carbocycles. The van der Waals surface area contributed by atoms with E-state index < -0.39 is 0 Å². The quantitative estimate of drug-likeness (QED) is 0.673. The SMILES string of the molecule is Cl.Cl.Cl.NCc1nc(CN2CCCC(CN3CCN(c4ccccn4)CC3)C2)no1. The van der Waals surface area contributed by atoms with E-state index in [2.05, 4.69) is 42.0 Å². The fourth-order valence-corrected chi connectivity index (χ4v) is 4.15. The van der Waals surface area contributed by atoms with Gasteiger partial charge in [-0.2, -0.15) is 4.98 Å². The van der Waals surface area contributed by atoms with Crippen LogP contribution in [0.5, 0.6) is 0 Å². The van der Waals surface area contributed by atoms with Gasteiger partial charge in [0, 0.05) is 45.5 Å². The maximum atomic E-state index is 5.55. The molecule has 2 aromatic heterocycles. The molecule has 2 saturated heterocycles. The Bertz CT molecular complexity index is 713. The summed E-state index contributed by atoms with van der Waals surface area (Å²) in [7, 11) is 0. The molecule has 4 heterocycles. The highest BCUT2D eigenvalue weighted by Gasteiger charge is 2.25. The highest BCUT2D eigenvalue weighted by atomic mass is 35.5. The van der Waals surface area contributed by atoms with Crippen molar-refractivity contribution in [3.8, 4) is 0 Å². The molecule has 4 rings (SSSR count). The summed E-state index contributed by atoms with van der Waals surface area (Å²) in [5.74, 6) is 3.07. The van der Waals surface area contributed by atoms with E-state index in [0.29, 0.717) is 18.4 Å². The molecule has 2 aliphatic rings. The van der Waals surface area contributed by atoms with Crippen LogP contribution in [0.25, 0.3) is 0 Å². The second kappa shape index (κ2) is 13.3. The van der Waals surface area contributed by atoms with Crippen molar-refractivity contribution in [1.82, 2.24) is 24.9 Å². The lowest BCUT2D eigenvalue weighted by atomic mass is 9.97. The van der Waals surface area contributed by atoms with E-state index in [1.807, 2.05) is 12.3 Å². The van der Waals surface area contributed by atoms with E-state index in [1.54, 1.807) is 0 Å². The predicted molar refractivity (Wildman–Crippen MR) is 125 cm³/mol. The van der Waals surface area contributed by atoms with Crippen molar-refractivity contribution in [2.75, 3.05) is 50.7 Å². The first-order valence-corrected chi connectivity index (χ1v) is 9.92. The minimum absolute atomic E-state index is 0. The number of pyridine rings is 1. The Labute approximate surface area is 196 Å².